The highest BCUT2D eigenvalue weighted by Crippen LogP contribution is 2.50. The molecule has 0 amide bonds. The Morgan fingerprint density at radius 2 is 2.11 bits per heavy atom. The molecule has 1 saturated heterocycles. The van der Waals surface area contributed by atoms with Crippen LogP contribution in [-0.4, -0.2) is 30.1 Å². The van der Waals surface area contributed by atoms with Crippen molar-refractivity contribution >= 4 is 28.9 Å². The molecule has 1 aromatic heterocycles. The summed E-state index contributed by atoms with van der Waals surface area (Å²) in [4.78, 5) is 17.7. The Hall–Kier alpha value is -2.42. The summed E-state index contributed by atoms with van der Waals surface area (Å²) in [6.07, 6.45) is 5.98. The molecule has 1 aromatic carbocycles. The summed E-state index contributed by atoms with van der Waals surface area (Å²) in [6.45, 7) is 6.39. The van der Waals surface area contributed by atoms with Gasteiger partial charge in [-0.15, -0.1) is 23.1 Å². The van der Waals surface area contributed by atoms with Crippen LogP contribution in [0.15, 0.2) is 64.2 Å². The third kappa shape index (κ3) is 4.47. The second-order valence-corrected chi connectivity index (χ2v) is 11.1. The molecule has 0 radical (unpaired) electrons. The lowest BCUT2D eigenvalue weighted by atomic mass is 9.80. The van der Waals surface area contributed by atoms with Gasteiger partial charge < -0.3 is 10.3 Å². The predicted molar refractivity (Wildman–Crippen MR) is 138 cm³/mol. The number of ketones is 1. The van der Waals surface area contributed by atoms with Crippen LogP contribution in [0, 0.1) is 12.7 Å². The van der Waals surface area contributed by atoms with E-state index in [0.717, 1.165) is 41.1 Å². The van der Waals surface area contributed by atoms with Gasteiger partial charge in [0.15, 0.2) is 5.78 Å². The van der Waals surface area contributed by atoms with Gasteiger partial charge in [-0.3, -0.25) is 9.18 Å². The predicted octanol–water partition coefficient (Wildman–Crippen LogP) is 6.11. The first-order valence-corrected chi connectivity index (χ1v) is 13.8. The second-order valence-electron chi connectivity index (χ2n) is 9.10. The highest BCUT2D eigenvalue weighted by Gasteiger charge is 2.37. The van der Waals surface area contributed by atoms with Crippen molar-refractivity contribution in [3.05, 3.63) is 86.7 Å². The molecule has 3 aliphatic heterocycles. The third-order valence-corrected chi connectivity index (χ3v) is 9.27. The summed E-state index contributed by atoms with van der Waals surface area (Å²) in [6, 6.07) is 5.84. The van der Waals surface area contributed by atoms with Crippen molar-refractivity contribution < 1.29 is 13.6 Å². The molecular weight excluding hydrogens is 484 g/mol. The van der Waals surface area contributed by atoms with Crippen LogP contribution in [0.3, 0.4) is 0 Å². The number of fused-ring (bicyclic) bond motifs is 3. The van der Waals surface area contributed by atoms with Gasteiger partial charge in [-0.2, -0.15) is 0 Å². The van der Waals surface area contributed by atoms with Crippen molar-refractivity contribution in [3.8, 4) is 0 Å². The van der Waals surface area contributed by atoms with Crippen molar-refractivity contribution in [2.24, 2.45) is 0 Å². The van der Waals surface area contributed by atoms with Crippen molar-refractivity contribution in [1.82, 2.24) is 15.8 Å². The fraction of sp³-hybridized carbons (Fsp3) is 0.370. The first-order valence-electron chi connectivity index (χ1n) is 12.0. The zero-order valence-corrected chi connectivity index (χ0v) is 21.3. The number of carbonyl (C=O) groups excluding carboxylic acids is 1. The van der Waals surface area contributed by atoms with Crippen LogP contribution >= 0.6 is 23.1 Å². The highest BCUT2D eigenvalue weighted by atomic mass is 32.2. The molecule has 1 unspecified atom stereocenters. The van der Waals surface area contributed by atoms with Crippen LogP contribution in [-0.2, 0) is 10.5 Å². The number of nitrogens with one attached hydrogen (secondary N) is 2. The van der Waals surface area contributed by atoms with Crippen LogP contribution < -0.4 is 10.9 Å². The third-order valence-electron chi connectivity index (χ3n) is 7.06. The second kappa shape index (κ2) is 10.3. The van der Waals surface area contributed by atoms with Crippen molar-refractivity contribution in [1.29, 1.82) is 0 Å². The van der Waals surface area contributed by atoms with Crippen molar-refractivity contribution in [2.45, 2.75) is 55.3 Å². The number of alkyl halides is 1. The van der Waals surface area contributed by atoms with Crippen LogP contribution in [0.5, 0.6) is 0 Å². The monoisotopic (exact) mass is 513 g/mol. The van der Waals surface area contributed by atoms with E-state index in [9.17, 15) is 9.18 Å². The number of thiophene rings is 1. The molecule has 0 saturated carbocycles. The van der Waals surface area contributed by atoms with Crippen molar-refractivity contribution in [2.75, 3.05) is 13.2 Å². The molecule has 3 aliphatic rings. The summed E-state index contributed by atoms with van der Waals surface area (Å²) < 4.78 is 29.4. The normalized spacial score (nSPS) is 25.7. The van der Waals surface area contributed by atoms with E-state index < -0.39 is 12.6 Å². The number of benzene rings is 1. The van der Waals surface area contributed by atoms with E-state index in [1.807, 2.05) is 11.4 Å². The van der Waals surface area contributed by atoms with Crippen LogP contribution in [0.25, 0.3) is 0 Å². The Morgan fingerprint density at radius 3 is 2.94 bits per heavy atom. The topological polar surface area (TPSA) is 44.4 Å². The summed E-state index contributed by atoms with van der Waals surface area (Å²) in [5.41, 5.74) is 10.2. The summed E-state index contributed by atoms with van der Waals surface area (Å²) in [7, 11) is 0. The molecule has 1 fully saturated rings. The quantitative estimate of drug-likeness (QED) is 0.519. The Balaban J connectivity index is 1.80. The number of aryl methyl sites for hydroxylation is 1. The number of rotatable bonds is 3. The highest BCUT2D eigenvalue weighted by molar-refractivity contribution is 7.98. The summed E-state index contributed by atoms with van der Waals surface area (Å²) >= 11 is 3.21. The SMILES string of the molecule is C=C1/C([C@H]2c3ccc(C)c(F)c3CSc3ccsc32)=C(\CCF)C(=O)/C=C\NNC2CCCCN12. The first kappa shape index (κ1) is 24.3. The van der Waals surface area contributed by atoms with Gasteiger partial charge in [-0.05, 0) is 54.3 Å². The fourth-order valence-corrected chi connectivity index (χ4v) is 7.65. The molecule has 8 heteroatoms. The lowest BCUT2D eigenvalue weighted by Crippen LogP contribution is -2.52. The van der Waals surface area contributed by atoms with Gasteiger partial charge in [-0.25, -0.2) is 9.82 Å². The molecule has 4 nitrogen and oxygen atoms in total. The van der Waals surface area contributed by atoms with Gasteiger partial charge in [0, 0.05) is 63.5 Å². The number of carbonyl (C=O) groups is 1. The maximum atomic E-state index is 15.5. The largest absolute Gasteiger partial charge is 0.355 e. The van der Waals surface area contributed by atoms with Crippen LogP contribution in [0.1, 0.15) is 53.2 Å². The standard InChI is InChI=1S/C27H29F2N3OS2/c1-16-6-7-18-20(26(16)29)15-35-22-10-14-34-27(22)25(18)24-17(2)32-13-4-3-5-23(32)31-30-12-9-21(33)19(24)8-11-28/h6-7,9-10,12,14,23,25,30-31H,2-5,8,11,13,15H2,1H3/b12-9-,24-19-/t23?,25-/m1/s1. The van der Waals surface area contributed by atoms with Gasteiger partial charge in [0.1, 0.15) is 5.82 Å². The average Bonchev–Trinajstić information content (AvgIpc) is 3.26. The minimum atomic E-state index is -0.658. The zero-order chi connectivity index (χ0) is 24.5. The van der Waals surface area contributed by atoms with E-state index in [0.29, 0.717) is 33.7 Å². The summed E-state index contributed by atoms with van der Waals surface area (Å²) in [5.74, 6) is -0.354. The minimum absolute atomic E-state index is 0.0164. The molecule has 2 atom stereocenters. The number of hydrazine groups is 1. The van der Waals surface area contributed by atoms with E-state index in [-0.39, 0.29) is 24.2 Å². The van der Waals surface area contributed by atoms with Crippen molar-refractivity contribution in [3.63, 3.8) is 0 Å². The van der Waals surface area contributed by atoms with Gasteiger partial charge in [0.2, 0.25) is 0 Å². The Morgan fingerprint density at radius 1 is 1.26 bits per heavy atom. The molecule has 0 spiro atoms. The molecule has 0 aliphatic carbocycles. The molecule has 4 heterocycles. The number of hydrogen-bond acceptors (Lipinski definition) is 6. The molecule has 5 rings (SSSR count). The zero-order valence-electron chi connectivity index (χ0n) is 19.7. The average molecular weight is 514 g/mol. The fourth-order valence-electron chi connectivity index (χ4n) is 5.31. The Labute approximate surface area is 213 Å². The number of allylic oxidation sites excluding steroid dienone is 3. The lowest BCUT2D eigenvalue weighted by molar-refractivity contribution is -0.111. The minimum Gasteiger partial charge on any atom is -0.355 e. The molecule has 35 heavy (non-hydrogen) atoms. The van der Waals surface area contributed by atoms with Gasteiger partial charge in [0.05, 0.1) is 12.8 Å². The lowest BCUT2D eigenvalue weighted by Gasteiger charge is -2.41. The maximum Gasteiger partial charge on any atom is 0.183 e. The Kier molecular flexibility index (Phi) is 7.14. The molecular formula is C27H29F2N3OS2. The van der Waals surface area contributed by atoms with Crippen LogP contribution in [0.2, 0.25) is 0 Å². The number of piperidine rings is 1. The first-order chi connectivity index (χ1) is 17.0. The van der Waals surface area contributed by atoms with E-state index in [1.54, 1.807) is 42.3 Å². The van der Waals surface area contributed by atoms with E-state index >= 15 is 4.39 Å². The molecule has 0 bridgehead atoms. The van der Waals surface area contributed by atoms with E-state index in [1.165, 1.54) is 6.08 Å². The summed E-state index contributed by atoms with van der Waals surface area (Å²) in [5, 5.41) is 2.04. The van der Waals surface area contributed by atoms with Gasteiger partial charge in [0.25, 0.3) is 0 Å². The van der Waals surface area contributed by atoms with Crippen LogP contribution in [0.4, 0.5) is 8.78 Å². The number of thioether (sulfide) groups is 1. The number of halogens is 2. The van der Waals surface area contributed by atoms with E-state index in [4.69, 9.17) is 0 Å². The van der Waals surface area contributed by atoms with E-state index in [2.05, 4.69) is 28.4 Å². The van der Waals surface area contributed by atoms with Gasteiger partial charge >= 0.3 is 0 Å². The van der Waals surface area contributed by atoms with Gasteiger partial charge in [-0.1, -0.05) is 18.7 Å². The molecule has 184 valence electrons. The maximum absolute atomic E-state index is 15.5. The number of nitrogens with zero attached hydrogens (tertiary/aromatic N) is 1. The Bertz CT molecular complexity index is 1220. The number of hydrogen-bond donors (Lipinski definition) is 2. The smallest absolute Gasteiger partial charge is 0.183 e. The molecule has 2 N–H and O–H groups in total. The molecule has 2 aromatic rings.